The molecule has 0 spiro atoms. The highest BCUT2D eigenvalue weighted by Crippen LogP contribution is 2.17. The molecule has 0 radical (unpaired) electrons. The van der Waals surface area contributed by atoms with E-state index in [-0.39, 0.29) is 33.8 Å². The van der Waals surface area contributed by atoms with Crippen LogP contribution in [0.4, 0.5) is 0 Å². The Morgan fingerprint density at radius 2 is 1.04 bits per heavy atom. The minimum absolute atomic E-state index is 0.0431. The van der Waals surface area contributed by atoms with Crippen molar-refractivity contribution >= 4 is 24.5 Å². The van der Waals surface area contributed by atoms with Gasteiger partial charge in [-0.15, -0.1) is 0 Å². The van der Waals surface area contributed by atoms with Crippen LogP contribution in [0.1, 0.15) is 20.7 Å². The Kier molecular flexibility index (Phi) is 5.74. The summed E-state index contributed by atoms with van der Waals surface area (Å²) >= 11 is 0. The number of phenols is 1. The molecule has 0 amide bonds. The van der Waals surface area contributed by atoms with Gasteiger partial charge < -0.3 is 24.6 Å². The van der Waals surface area contributed by atoms with Crippen molar-refractivity contribution in [1.29, 1.82) is 0 Å². The van der Waals surface area contributed by atoms with Crippen molar-refractivity contribution in [1.82, 2.24) is 0 Å². The van der Waals surface area contributed by atoms with Crippen molar-refractivity contribution in [3.8, 4) is 17.2 Å². The number of ether oxygens (including phenoxy) is 2. The van der Waals surface area contributed by atoms with Crippen LogP contribution < -0.4 is 14.9 Å². The Labute approximate surface area is 160 Å². The molecule has 0 unspecified atom stereocenters. The molecule has 0 bridgehead atoms. The third-order valence-electron chi connectivity index (χ3n) is 3.79. The molecule has 28 heavy (non-hydrogen) atoms. The second kappa shape index (κ2) is 8.38. The molecule has 3 N–H and O–H groups in total. The molecular weight excluding hydrogens is 363 g/mol. The lowest BCUT2D eigenvalue weighted by molar-refractivity contribution is 0.0730. The molecule has 3 aromatic rings. The number of benzene rings is 3. The molecular formula is C20H15BO7. The van der Waals surface area contributed by atoms with Gasteiger partial charge >= 0.3 is 19.1 Å². The normalized spacial score (nSPS) is 10.2. The summed E-state index contributed by atoms with van der Waals surface area (Å²) in [5, 5.41) is 27.3. The van der Waals surface area contributed by atoms with E-state index in [1.54, 1.807) is 0 Å². The van der Waals surface area contributed by atoms with Gasteiger partial charge in [0.2, 0.25) is 0 Å². The van der Waals surface area contributed by atoms with Gasteiger partial charge in [0.1, 0.15) is 17.2 Å². The van der Waals surface area contributed by atoms with Gasteiger partial charge in [0.15, 0.2) is 0 Å². The van der Waals surface area contributed by atoms with Crippen LogP contribution in [-0.4, -0.2) is 34.2 Å². The van der Waals surface area contributed by atoms with Crippen molar-refractivity contribution in [2.75, 3.05) is 0 Å². The zero-order chi connectivity index (χ0) is 20.1. The fourth-order valence-electron chi connectivity index (χ4n) is 2.30. The molecule has 0 saturated carbocycles. The summed E-state index contributed by atoms with van der Waals surface area (Å²) in [7, 11) is -1.60. The zero-order valence-corrected chi connectivity index (χ0v) is 14.5. The molecule has 0 aliphatic carbocycles. The molecule has 0 atom stereocenters. The molecule has 0 aromatic heterocycles. The smallest absolute Gasteiger partial charge is 0.488 e. The van der Waals surface area contributed by atoms with E-state index in [0.29, 0.717) is 0 Å². The van der Waals surface area contributed by atoms with Crippen LogP contribution in [0.15, 0.2) is 72.8 Å². The fourth-order valence-corrected chi connectivity index (χ4v) is 2.30. The lowest BCUT2D eigenvalue weighted by Gasteiger charge is -2.07. The highest BCUT2D eigenvalue weighted by molar-refractivity contribution is 6.58. The molecule has 140 valence electrons. The summed E-state index contributed by atoms with van der Waals surface area (Å²) in [6.07, 6.45) is 0. The second-order valence-electron chi connectivity index (χ2n) is 5.79. The molecule has 3 aromatic carbocycles. The fraction of sp³-hybridized carbons (Fsp3) is 0. The summed E-state index contributed by atoms with van der Waals surface area (Å²) in [4.78, 5) is 24.2. The van der Waals surface area contributed by atoms with E-state index in [1.807, 2.05) is 0 Å². The van der Waals surface area contributed by atoms with Crippen molar-refractivity contribution in [3.05, 3.63) is 83.9 Å². The number of carbonyl (C=O) groups is 2. The average molecular weight is 378 g/mol. The van der Waals surface area contributed by atoms with Crippen LogP contribution in [0, 0.1) is 0 Å². The molecule has 0 fully saturated rings. The van der Waals surface area contributed by atoms with Gasteiger partial charge in [-0.1, -0.05) is 12.1 Å². The monoisotopic (exact) mass is 378 g/mol. The van der Waals surface area contributed by atoms with Gasteiger partial charge in [-0.2, -0.15) is 0 Å². The predicted octanol–water partition coefficient (Wildman–Crippen LogP) is 1.51. The van der Waals surface area contributed by atoms with E-state index < -0.39 is 19.1 Å². The number of rotatable bonds is 5. The van der Waals surface area contributed by atoms with E-state index in [0.717, 1.165) is 0 Å². The Bertz CT molecular complexity index is 965. The number of aromatic hydroxyl groups is 1. The van der Waals surface area contributed by atoms with Gasteiger partial charge in [-0.05, 0) is 66.1 Å². The summed E-state index contributed by atoms with van der Waals surface area (Å²) in [5.41, 5.74) is 0.799. The molecule has 3 rings (SSSR count). The summed E-state index contributed by atoms with van der Waals surface area (Å²) in [5.74, 6) is -0.676. The first-order chi connectivity index (χ1) is 13.4. The number of phenolic OH excluding ortho intramolecular Hbond substituents is 1. The van der Waals surface area contributed by atoms with Crippen molar-refractivity contribution in [3.63, 3.8) is 0 Å². The summed E-state index contributed by atoms with van der Waals surface area (Å²) < 4.78 is 10.4. The van der Waals surface area contributed by atoms with Crippen molar-refractivity contribution < 1.29 is 34.2 Å². The summed E-state index contributed by atoms with van der Waals surface area (Å²) in [6.45, 7) is 0. The first-order valence-electron chi connectivity index (χ1n) is 8.22. The van der Waals surface area contributed by atoms with Crippen LogP contribution in [0.5, 0.6) is 17.2 Å². The quantitative estimate of drug-likeness (QED) is 0.350. The van der Waals surface area contributed by atoms with Crippen LogP contribution in [0.3, 0.4) is 0 Å². The van der Waals surface area contributed by atoms with E-state index >= 15 is 0 Å². The molecule has 8 heteroatoms. The Morgan fingerprint density at radius 1 is 0.643 bits per heavy atom. The average Bonchev–Trinajstić information content (AvgIpc) is 2.69. The minimum atomic E-state index is -1.60. The lowest BCUT2D eigenvalue weighted by atomic mass is 9.80. The first-order valence-corrected chi connectivity index (χ1v) is 8.22. The highest BCUT2D eigenvalue weighted by atomic mass is 16.5. The van der Waals surface area contributed by atoms with Gasteiger partial charge in [0, 0.05) is 0 Å². The molecule has 0 aliphatic heterocycles. The standard InChI is InChI=1S/C20H15BO7/c22-16-7-1-13(2-8-16)19(23)27-17-9-3-14(4-10-17)20(24)28-18-11-5-15(6-12-18)21(25)26/h1-12,22,25-26H. The highest BCUT2D eigenvalue weighted by Gasteiger charge is 2.13. The van der Waals surface area contributed by atoms with Crippen LogP contribution in [0.25, 0.3) is 0 Å². The second-order valence-corrected chi connectivity index (χ2v) is 5.79. The topological polar surface area (TPSA) is 113 Å². The Hall–Kier alpha value is -3.62. The lowest BCUT2D eigenvalue weighted by Crippen LogP contribution is -2.29. The third kappa shape index (κ3) is 4.76. The Balaban J connectivity index is 1.62. The van der Waals surface area contributed by atoms with Gasteiger partial charge in [-0.25, -0.2) is 9.59 Å². The molecule has 0 heterocycles. The van der Waals surface area contributed by atoms with Gasteiger partial charge in [0.05, 0.1) is 11.1 Å². The summed E-state index contributed by atoms with van der Waals surface area (Å²) in [6, 6.07) is 17.2. The van der Waals surface area contributed by atoms with Crippen molar-refractivity contribution in [2.45, 2.75) is 0 Å². The van der Waals surface area contributed by atoms with Crippen molar-refractivity contribution in [2.24, 2.45) is 0 Å². The predicted molar refractivity (Wildman–Crippen MR) is 101 cm³/mol. The zero-order valence-electron chi connectivity index (χ0n) is 14.5. The van der Waals surface area contributed by atoms with E-state index in [4.69, 9.17) is 19.5 Å². The van der Waals surface area contributed by atoms with E-state index in [1.165, 1.54) is 72.8 Å². The van der Waals surface area contributed by atoms with Crippen LogP contribution in [0.2, 0.25) is 0 Å². The maximum Gasteiger partial charge on any atom is 0.488 e. The largest absolute Gasteiger partial charge is 0.508 e. The first kappa shape index (κ1) is 19.2. The number of esters is 2. The van der Waals surface area contributed by atoms with E-state index in [9.17, 15) is 14.7 Å². The molecule has 7 nitrogen and oxygen atoms in total. The molecule has 0 aliphatic rings. The maximum atomic E-state index is 12.2. The van der Waals surface area contributed by atoms with Crippen LogP contribution in [-0.2, 0) is 0 Å². The van der Waals surface area contributed by atoms with Gasteiger partial charge in [-0.3, -0.25) is 0 Å². The third-order valence-corrected chi connectivity index (χ3v) is 3.79. The molecule has 0 saturated heterocycles. The SMILES string of the molecule is O=C(Oc1ccc(C(=O)Oc2ccc(B(O)O)cc2)cc1)c1ccc(O)cc1. The maximum absolute atomic E-state index is 12.2. The van der Waals surface area contributed by atoms with E-state index in [2.05, 4.69) is 0 Å². The number of hydrogen-bond donors (Lipinski definition) is 3. The minimum Gasteiger partial charge on any atom is -0.508 e. The number of carbonyl (C=O) groups excluding carboxylic acids is 2. The van der Waals surface area contributed by atoms with Gasteiger partial charge in [0.25, 0.3) is 0 Å². The Morgan fingerprint density at radius 3 is 1.46 bits per heavy atom. The van der Waals surface area contributed by atoms with Crippen LogP contribution >= 0.6 is 0 Å². The number of hydrogen-bond acceptors (Lipinski definition) is 7.